The lowest BCUT2D eigenvalue weighted by Crippen LogP contribution is -2.52. The lowest BCUT2D eigenvalue weighted by Gasteiger charge is -2.36. The van der Waals surface area contributed by atoms with Crippen LogP contribution in [0.3, 0.4) is 0 Å². The molecule has 0 radical (unpaired) electrons. The second kappa shape index (κ2) is 8.34. The van der Waals surface area contributed by atoms with Crippen LogP contribution in [-0.4, -0.2) is 55.1 Å². The van der Waals surface area contributed by atoms with Crippen molar-refractivity contribution in [2.75, 3.05) is 20.2 Å². The molecule has 0 aromatic rings. The molecule has 1 aliphatic rings. The zero-order valence-corrected chi connectivity index (χ0v) is 13.6. The van der Waals surface area contributed by atoms with Gasteiger partial charge < -0.3 is 15.8 Å². The Balaban J connectivity index is 2.55. The molecule has 122 valence electrons. The number of nitrogens with one attached hydrogen (secondary N) is 1. The summed E-state index contributed by atoms with van der Waals surface area (Å²) in [5.74, 6) is -0.465. The first-order valence-electron chi connectivity index (χ1n) is 7.75. The Kier molecular flexibility index (Phi) is 7.11. The van der Waals surface area contributed by atoms with Gasteiger partial charge in [0.15, 0.2) is 0 Å². The summed E-state index contributed by atoms with van der Waals surface area (Å²) < 4.78 is 4.78. The standard InChI is InChI=1S/C15H29N3O3/c1-5-10(2)14(15(20)21-4)17-13(19)9-18-7-6-12(16)8-11(18)3/h10-12,14H,5-9,16H2,1-4H3,(H,17,19). The quantitative estimate of drug-likeness (QED) is 0.698. The fraction of sp³-hybridized carbons (Fsp3) is 0.867. The van der Waals surface area contributed by atoms with Crippen LogP contribution in [0.4, 0.5) is 0 Å². The highest BCUT2D eigenvalue weighted by Crippen LogP contribution is 2.15. The minimum atomic E-state index is -0.574. The molecule has 1 saturated heterocycles. The third kappa shape index (κ3) is 5.28. The molecule has 0 aromatic carbocycles. The molecule has 21 heavy (non-hydrogen) atoms. The number of likely N-dealkylation sites (tertiary alicyclic amines) is 1. The first-order valence-corrected chi connectivity index (χ1v) is 7.75. The first kappa shape index (κ1) is 17.9. The normalized spacial score (nSPS) is 26.0. The number of ether oxygens (including phenoxy) is 1. The average Bonchev–Trinajstić information content (AvgIpc) is 2.46. The monoisotopic (exact) mass is 299 g/mol. The molecular formula is C15H29N3O3. The van der Waals surface area contributed by atoms with Gasteiger partial charge >= 0.3 is 5.97 Å². The van der Waals surface area contributed by atoms with Gasteiger partial charge in [0.25, 0.3) is 0 Å². The third-order valence-electron chi connectivity index (χ3n) is 4.39. The number of rotatable bonds is 6. The minimum Gasteiger partial charge on any atom is -0.467 e. The second-order valence-electron chi connectivity index (χ2n) is 6.06. The van der Waals surface area contributed by atoms with E-state index in [1.165, 1.54) is 7.11 Å². The van der Waals surface area contributed by atoms with E-state index in [0.717, 1.165) is 25.8 Å². The van der Waals surface area contributed by atoms with Crippen LogP contribution in [0.15, 0.2) is 0 Å². The van der Waals surface area contributed by atoms with Crippen LogP contribution >= 0.6 is 0 Å². The number of hydrogen-bond donors (Lipinski definition) is 2. The Labute approximate surface area is 127 Å². The Bertz CT molecular complexity index is 362. The minimum absolute atomic E-state index is 0.0496. The van der Waals surface area contributed by atoms with Gasteiger partial charge in [-0.1, -0.05) is 20.3 Å². The summed E-state index contributed by atoms with van der Waals surface area (Å²) in [5.41, 5.74) is 5.93. The van der Waals surface area contributed by atoms with Crippen molar-refractivity contribution in [2.24, 2.45) is 11.7 Å². The van der Waals surface area contributed by atoms with Gasteiger partial charge in [0, 0.05) is 18.6 Å². The van der Waals surface area contributed by atoms with Crippen molar-refractivity contribution >= 4 is 11.9 Å². The number of nitrogens with two attached hydrogens (primary N) is 1. The summed E-state index contributed by atoms with van der Waals surface area (Å²) in [6.45, 7) is 7.13. The predicted octanol–water partition coefficient (Wildman–Crippen LogP) is 0.502. The molecule has 0 aliphatic carbocycles. The van der Waals surface area contributed by atoms with E-state index in [4.69, 9.17) is 10.5 Å². The molecule has 1 fully saturated rings. The van der Waals surface area contributed by atoms with Crippen LogP contribution in [0.2, 0.25) is 0 Å². The molecule has 3 N–H and O–H groups in total. The van der Waals surface area contributed by atoms with Crippen LogP contribution in [0.5, 0.6) is 0 Å². The van der Waals surface area contributed by atoms with Gasteiger partial charge in [0.05, 0.1) is 13.7 Å². The molecule has 4 unspecified atom stereocenters. The van der Waals surface area contributed by atoms with Crippen LogP contribution in [0.1, 0.15) is 40.0 Å². The highest BCUT2D eigenvalue weighted by molar-refractivity contribution is 5.85. The Hall–Kier alpha value is -1.14. The molecule has 1 aliphatic heterocycles. The fourth-order valence-corrected chi connectivity index (χ4v) is 2.69. The SMILES string of the molecule is CCC(C)C(NC(=O)CN1CCC(N)CC1C)C(=O)OC. The van der Waals surface area contributed by atoms with E-state index in [-0.39, 0.29) is 23.8 Å². The average molecular weight is 299 g/mol. The van der Waals surface area contributed by atoms with E-state index in [1.54, 1.807) is 0 Å². The van der Waals surface area contributed by atoms with Gasteiger partial charge in [-0.2, -0.15) is 0 Å². The van der Waals surface area contributed by atoms with E-state index >= 15 is 0 Å². The maximum Gasteiger partial charge on any atom is 0.328 e. The van der Waals surface area contributed by atoms with E-state index in [1.807, 2.05) is 13.8 Å². The van der Waals surface area contributed by atoms with Gasteiger partial charge in [0.2, 0.25) is 5.91 Å². The summed E-state index contributed by atoms with van der Waals surface area (Å²) in [4.78, 5) is 26.1. The molecule has 6 heteroatoms. The number of amides is 1. The topological polar surface area (TPSA) is 84.7 Å². The molecule has 1 rings (SSSR count). The van der Waals surface area contributed by atoms with Crippen molar-refractivity contribution < 1.29 is 14.3 Å². The summed E-state index contributed by atoms with van der Waals surface area (Å²) in [7, 11) is 1.35. The largest absolute Gasteiger partial charge is 0.467 e. The van der Waals surface area contributed by atoms with Gasteiger partial charge in [-0.15, -0.1) is 0 Å². The molecule has 0 aromatic heterocycles. The Morgan fingerprint density at radius 1 is 1.48 bits per heavy atom. The zero-order valence-electron chi connectivity index (χ0n) is 13.6. The Morgan fingerprint density at radius 3 is 2.67 bits per heavy atom. The number of carbonyl (C=O) groups is 2. The second-order valence-corrected chi connectivity index (χ2v) is 6.06. The number of piperidine rings is 1. The third-order valence-corrected chi connectivity index (χ3v) is 4.39. The zero-order chi connectivity index (χ0) is 16.0. The van der Waals surface area contributed by atoms with E-state index in [2.05, 4.69) is 17.1 Å². The number of nitrogens with zero attached hydrogens (tertiary/aromatic N) is 1. The first-order chi connectivity index (χ1) is 9.88. The van der Waals surface area contributed by atoms with Crippen molar-refractivity contribution in [3.63, 3.8) is 0 Å². The maximum atomic E-state index is 12.2. The van der Waals surface area contributed by atoms with Crippen molar-refractivity contribution in [3.05, 3.63) is 0 Å². The molecule has 4 atom stereocenters. The molecule has 0 spiro atoms. The number of methoxy groups -OCH3 is 1. The molecule has 0 saturated carbocycles. The number of esters is 1. The lowest BCUT2D eigenvalue weighted by molar-refractivity contribution is -0.146. The highest BCUT2D eigenvalue weighted by atomic mass is 16.5. The molecule has 1 heterocycles. The molecule has 0 bridgehead atoms. The summed E-state index contributed by atoms with van der Waals surface area (Å²) in [6.07, 6.45) is 2.61. The maximum absolute atomic E-state index is 12.2. The van der Waals surface area contributed by atoms with Crippen LogP contribution < -0.4 is 11.1 Å². The van der Waals surface area contributed by atoms with Crippen LogP contribution in [0.25, 0.3) is 0 Å². The van der Waals surface area contributed by atoms with E-state index < -0.39 is 6.04 Å². The fourth-order valence-electron chi connectivity index (χ4n) is 2.69. The van der Waals surface area contributed by atoms with E-state index in [0.29, 0.717) is 12.6 Å². The highest BCUT2D eigenvalue weighted by Gasteiger charge is 2.29. The summed E-state index contributed by atoms with van der Waals surface area (Å²) >= 11 is 0. The number of carbonyl (C=O) groups excluding carboxylic acids is 2. The predicted molar refractivity (Wildman–Crippen MR) is 81.6 cm³/mol. The van der Waals surface area contributed by atoms with Crippen molar-refractivity contribution in [1.82, 2.24) is 10.2 Å². The van der Waals surface area contributed by atoms with Crippen molar-refractivity contribution in [1.29, 1.82) is 0 Å². The molecule has 6 nitrogen and oxygen atoms in total. The van der Waals surface area contributed by atoms with Gasteiger partial charge in [-0.25, -0.2) is 4.79 Å². The number of hydrogen-bond acceptors (Lipinski definition) is 5. The van der Waals surface area contributed by atoms with Gasteiger partial charge in [-0.3, -0.25) is 9.69 Å². The van der Waals surface area contributed by atoms with Crippen molar-refractivity contribution in [2.45, 2.75) is 58.2 Å². The summed E-state index contributed by atoms with van der Waals surface area (Å²) in [5, 5.41) is 2.81. The lowest BCUT2D eigenvalue weighted by atomic mass is 9.98. The van der Waals surface area contributed by atoms with Crippen molar-refractivity contribution in [3.8, 4) is 0 Å². The van der Waals surface area contributed by atoms with Crippen LogP contribution in [0, 0.1) is 5.92 Å². The van der Waals surface area contributed by atoms with Crippen LogP contribution in [-0.2, 0) is 14.3 Å². The Morgan fingerprint density at radius 2 is 2.14 bits per heavy atom. The van der Waals surface area contributed by atoms with Gasteiger partial charge in [-0.05, 0) is 25.7 Å². The summed E-state index contributed by atoms with van der Waals surface area (Å²) in [6, 6.07) is -0.0585. The molecular weight excluding hydrogens is 270 g/mol. The smallest absolute Gasteiger partial charge is 0.328 e. The van der Waals surface area contributed by atoms with E-state index in [9.17, 15) is 9.59 Å². The van der Waals surface area contributed by atoms with Gasteiger partial charge in [0.1, 0.15) is 6.04 Å². The molecule has 1 amide bonds.